The summed E-state index contributed by atoms with van der Waals surface area (Å²) in [6.45, 7) is 1.37. The van der Waals surface area contributed by atoms with Crippen LogP contribution in [-0.4, -0.2) is 35.1 Å². The molecule has 0 saturated carbocycles. The number of anilines is 1. The first-order valence-electron chi connectivity index (χ1n) is 6.39. The Balaban J connectivity index is 2.11. The molecule has 20 heavy (non-hydrogen) atoms. The Hall–Kier alpha value is -1.63. The normalized spacial score (nSPS) is 16.1. The van der Waals surface area contributed by atoms with E-state index >= 15 is 0 Å². The number of rotatable bonds is 4. The van der Waals surface area contributed by atoms with Crippen LogP contribution in [0.5, 0.6) is 0 Å². The molecule has 0 radical (unpaired) electrons. The minimum atomic E-state index is -0.993. The predicted molar refractivity (Wildman–Crippen MR) is 77.6 cm³/mol. The Morgan fingerprint density at radius 1 is 1.45 bits per heavy atom. The van der Waals surface area contributed by atoms with Crippen molar-refractivity contribution in [2.75, 3.05) is 18.0 Å². The quantitative estimate of drug-likeness (QED) is 0.867. The molecule has 0 atom stereocenters. The lowest BCUT2D eigenvalue weighted by Gasteiger charge is -2.33. The van der Waals surface area contributed by atoms with Crippen LogP contribution in [0.1, 0.15) is 29.6 Å². The molecule has 2 heterocycles. The lowest BCUT2D eigenvalue weighted by Crippen LogP contribution is -2.36. The molecule has 1 aromatic rings. The lowest BCUT2D eigenvalue weighted by molar-refractivity contribution is -0.119. The molecule has 108 valence electrons. The van der Waals surface area contributed by atoms with Gasteiger partial charge in [0.15, 0.2) is 0 Å². The molecule has 1 aromatic heterocycles. The number of primary amides is 1. The predicted octanol–water partition coefficient (Wildman–Crippen LogP) is 1.63. The molecule has 1 saturated heterocycles. The summed E-state index contributed by atoms with van der Waals surface area (Å²) in [5.41, 5.74) is 5.39. The zero-order chi connectivity index (χ0) is 14.7. The summed E-state index contributed by atoms with van der Waals surface area (Å²) >= 11 is 3.23. The van der Waals surface area contributed by atoms with Crippen molar-refractivity contribution in [2.24, 2.45) is 11.7 Å². The van der Waals surface area contributed by atoms with Crippen LogP contribution in [0.2, 0.25) is 0 Å². The van der Waals surface area contributed by atoms with Gasteiger partial charge in [-0.3, -0.25) is 4.79 Å². The van der Waals surface area contributed by atoms with Gasteiger partial charge in [0.05, 0.1) is 0 Å². The van der Waals surface area contributed by atoms with Gasteiger partial charge in [0.2, 0.25) is 5.91 Å². The van der Waals surface area contributed by atoms with Gasteiger partial charge in [0, 0.05) is 30.2 Å². The number of nitrogens with two attached hydrogens (primary N) is 1. The van der Waals surface area contributed by atoms with Crippen LogP contribution in [0.25, 0.3) is 0 Å². The van der Waals surface area contributed by atoms with Crippen molar-refractivity contribution in [1.29, 1.82) is 0 Å². The molecule has 1 amide bonds. The first kappa shape index (κ1) is 14.8. The average Bonchev–Trinajstić information content (AvgIpc) is 2.39. The zero-order valence-electron chi connectivity index (χ0n) is 10.9. The Morgan fingerprint density at radius 2 is 2.10 bits per heavy atom. The maximum Gasteiger partial charge on any atom is 0.339 e. The van der Waals surface area contributed by atoms with Gasteiger partial charge in [-0.25, -0.2) is 9.78 Å². The van der Waals surface area contributed by atoms with Crippen LogP contribution in [0.4, 0.5) is 5.82 Å². The molecule has 3 N–H and O–H groups in total. The number of pyridine rings is 1. The van der Waals surface area contributed by atoms with Gasteiger partial charge in [-0.05, 0) is 40.8 Å². The summed E-state index contributed by atoms with van der Waals surface area (Å²) in [6, 6.07) is 1.56. The zero-order valence-corrected chi connectivity index (χ0v) is 12.5. The molecule has 1 fully saturated rings. The second-order valence-electron chi connectivity index (χ2n) is 4.93. The second-order valence-corrected chi connectivity index (χ2v) is 5.85. The smallest absolute Gasteiger partial charge is 0.339 e. The number of aromatic nitrogens is 1. The maximum atomic E-state index is 11.3. The molecule has 0 bridgehead atoms. The number of amides is 1. The van der Waals surface area contributed by atoms with Gasteiger partial charge >= 0.3 is 5.97 Å². The average molecular weight is 342 g/mol. The molecule has 0 aromatic carbocycles. The third kappa shape index (κ3) is 3.47. The van der Waals surface area contributed by atoms with Gasteiger partial charge in [-0.2, -0.15) is 0 Å². The van der Waals surface area contributed by atoms with Gasteiger partial charge < -0.3 is 15.7 Å². The number of piperidine rings is 1. The van der Waals surface area contributed by atoms with E-state index in [1.165, 1.54) is 0 Å². The second kappa shape index (κ2) is 6.21. The van der Waals surface area contributed by atoms with Crippen molar-refractivity contribution in [3.8, 4) is 0 Å². The molecule has 0 spiro atoms. The first-order chi connectivity index (χ1) is 9.47. The molecule has 7 heteroatoms. The number of carboxylic acid groups (broad SMARTS) is 1. The number of hydrogen-bond acceptors (Lipinski definition) is 4. The summed E-state index contributed by atoms with van der Waals surface area (Å²) in [5.74, 6) is -0.504. The van der Waals surface area contributed by atoms with Crippen LogP contribution in [0.3, 0.4) is 0 Å². The van der Waals surface area contributed by atoms with E-state index in [9.17, 15) is 14.7 Å². The number of carbonyl (C=O) groups is 2. The molecule has 0 aliphatic carbocycles. The number of aromatic carboxylic acids is 1. The highest BCUT2D eigenvalue weighted by atomic mass is 79.9. The fraction of sp³-hybridized carbons (Fsp3) is 0.462. The van der Waals surface area contributed by atoms with E-state index in [-0.39, 0.29) is 17.4 Å². The lowest BCUT2D eigenvalue weighted by atomic mass is 9.93. The Bertz CT molecular complexity index is 528. The molecule has 0 unspecified atom stereocenters. The van der Waals surface area contributed by atoms with E-state index in [2.05, 4.69) is 20.9 Å². The van der Waals surface area contributed by atoms with Crippen molar-refractivity contribution >= 4 is 33.6 Å². The van der Waals surface area contributed by atoms with Crippen molar-refractivity contribution < 1.29 is 14.7 Å². The molecule has 1 aliphatic rings. The van der Waals surface area contributed by atoms with E-state index in [4.69, 9.17) is 5.73 Å². The van der Waals surface area contributed by atoms with E-state index in [1.807, 2.05) is 4.90 Å². The van der Waals surface area contributed by atoms with Gasteiger partial charge in [-0.1, -0.05) is 0 Å². The fourth-order valence-electron chi connectivity index (χ4n) is 2.47. The highest BCUT2D eigenvalue weighted by molar-refractivity contribution is 9.10. The number of hydrogen-bond donors (Lipinski definition) is 2. The van der Waals surface area contributed by atoms with Crippen molar-refractivity contribution in [3.63, 3.8) is 0 Å². The highest BCUT2D eigenvalue weighted by Gasteiger charge is 2.24. The van der Waals surface area contributed by atoms with Crippen LogP contribution >= 0.6 is 15.9 Å². The third-order valence-electron chi connectivity index (χ3n) is 3.47. The van der Waals surface area contributed by atoms with Crippen LogP contribution < -0.4 is 10.6 Å². The molecule has 2 rings (SSSR count). The molecular formula is C13H16BrN3O3. The van der Waals surface area contributed by atoms with E-state index in [0.29, 0.717) is 29.8 Å². The summed E-state index contributed by atoms with van der Waals surface area (Å²) in [4.78, 5) is 28.4. The minimum absolute atomic E-state index is 0.188. The van der Waals surface area contributed by atoms with Gasteiger partial charge in [0.1, 0.15) is 11.4 Å². The van der Waals surface area contributed by atoms with E-state index in [1.54, 1.807) is 12.3 Å². The summed E-state index contributed by atoms with van der Waals surface area (Å²) in [7, 11) is 0. The van der Waals surface area contributed by atoms with Crippen molar-refractivity contribution in [2.45, 2.75) is 19.3 Å². The fourth-order valence-corrected chi connectivity index (χ4v) is 2.81. The summed E-state index contributed by atoms with van der Waals surface area (Å²) in [6.07, 6.45) is 3.63. The molecule has 6 nitrogen and oxygen atoms in total. The van der Waals surface area contributed by atoms with Gasteiger partial charge in [0.25, 0.3) is 0 Å². The van der Waals surface area contributed by atoms with Crippen LogP contribution in [-0.2, 0) is 4.79 Å². The Kier molecular flexibility index (Phi) is 4.59. The largest absolute Gasteiger partial charge is 0.478 e. The SMILES string of the molecule is NC(=O)CC1CCN(c2ncc(Br)cc2C(=O)O)CC1. The summed E-state index contributed by atoms with van der Waals surface area (Å²) < 4.78 is 0.641. The third-order valence-corrected chi connectivity index (χ3v) is 3.90. The number of carboxylic acids is 1. The number of carbonyl (C=O) groups excluding carboxylic acids is 1. The Morgan fingerprint density at radius 3 is 2.65 bits per heavy atom. The molecular weight excluding hydrogens is 326 g/mol. The van der Waals surface area contributed by atoms with Crippen molar-refractivity contribution in [1.82, 2.24) is 4.98 Å². The number of nitrogens with zero attached hydrogens (tertiary/aromatic N) is 2. The minimum Gasteiger partial charge on any atom is -0.478 e. The first-order valence-corrected chi connectivity index (χ1v) is 7.18. The molecule has 1 aliphatic heterocycles. The van der Waals surface area contributed by atoms with E-state index < -0.39 is 5.97 Å². The van der Waals surface area contributed by atoms with Crippen molar-refractivity contribution in [3.05, 3.63) is 22.3 Å². The standard InChI is InChI=1S/C13H16BrN3O3/c14-9-6-10(13(19)20)12(16-7-9)17-3-1-8(2-4-17)5-11(15)18/h6-8H,1-5H2,(H2,15,18)(H,19,20). The van der Waals surface area contributed by atoms with E-state index in [0.717, 1.165) is 12.8 Å². The van der Waals surface area contributed by atoms with Crippen LogP contribution in [0.15, 0.2) is 16.7 Å². The summed E-state index contributed by atoms with van der Waals surface area (Å²) in [5, 5.41) is 9.24. The maximum absolute atomic E-state index is 11.3. The number of halogens is 1. The van der Waals surface area contributed by atoms with Gasteiger partial charge in [-0.15, -0.1) is 0 Å². The topological polar surface area (TPSA) is 96.5 Å². The monoisotopic (exact) mass is 341 g/mol. The van der Waals surface area contributed by atoms with Crippen LogP contribution in [0, 0.1) is 5.92 Å². The Labute approximate surface area is 125 Å². The highest BCUT2D eigenvalue weighted by Crippen LogP contribution is 2.27.